The molecule has 160 valence electrons. The fraction of sp³-hybridized carbons (Fsp3) is 0.533. The summed E-state index contributed by atoms with van der Waals surface area (Å²) in [5.74, 6) is 2.68. The molecule has 0 radical (unpaired) electrons. The zero-order chi connectivity index (χ0) is 20.8. The maximum atomic E-state index is 2.50. The molecule has 0 amide bonds. The minimum Gasteiger partial charge on any atom is -0.0804 e. The van der Waals surface area contributed by atoms with Crippen molar-refractivity contribution in [1.29, 1.82) is 0 Å². The van der Waals surface area contributed by atoms with Crippen molar-refractivity contribution in [2.24, 2.45) is 11.8 Å². The molecule has 1 atom stereocenters. The Morgan fingerprint density at radius 1 is 0.633 bits per heavy atom. The summed E-state index contributed by atoms with van der Waals surface area (Å²) in [5.41, 5.74) is 7.24. The molecular weight excluding hydrogens is 360 g/mol. The summed E-state index contributed by atoms with van der Waals surface area (Å²) in [6.07, 6.45) is 17.5. The first-order valence-electron chi connectivity index (χ1n) is 12.7. The van der Waals surface area contributed by atoms with E-state index < -0.39 is 0 Å². The van der Waals surface area contributed by atoms with Crippen LogP contribution in [0, 0.1) is 11.8 Å². The fourth-order valence-electron chi connectivity index (χ4n) is 5.84. The second kappa shape index (κ2) is 10.5. The molecule has 0 bridgehead atoms. The zero-order valence-corrected chi connectivity index (χ0v) is 19.2. The van der Waals surface area contributed by atoms with Crippen LogP contribution in [0.25, 0.3) is 16.7 Å². The minimum absolute atomic E-state index is 0.782. The number of benzene rings is 2. The van der Waals surface area contributed by atoms with E-state index in [-0.39, 0.29) is 0 Å². The van der Waals surface area contributed by atoms with Gasteiger partial charge in [-0.25, -0.2) is 0 Å². The molecule has 2 aliphatic carbocycles. The molecular formula is C30H40. The minimum atomic E-state index is 0.782. The summed E-state index contributed by atoms with van der Waals surface area (Å²) >= 11 is 0. The first-order chi connectivity index (χ1) is 14.8. The van der Waals surface area contributed by atoms with Crippen LogP contribution in [0.15, 0.2) is 54.6 Å². The standard InChI is InChI=1S/C30H40/c1-3-5-23-7-11-25(12-8-23)27-15-19-29(20-16-27)30-21-17-28(18-22-30)26-13-9-24(6-4-2)10-14-26/h11,15-24,26H,3-10,12-14H2,1-2H3. The van der Waals surface area contributed by atoms with Gasteiger partial charge in [0, 0.05) is 0 Å². The quantitative estimate of drug-likeness (QED) is 0.434. The summed E-state index contributed by atoms with van der Waals surface area (Å²) in [6.45, 7) is 4.63. The Kier molecular flexibility index (Phi) is 7.47. The Morgan fingerprint density at radius 2 is 1.20 bits per heavy atom. The van der Waals surface area contributed by atoms with Gasteiger partial charge >= 0.3 is 0 Å². The molecule has 0 saturated heterocycles. The zero-order valence-electron chi connectivity index (χ0n) is 19.2. The van der Waals surface area contributed by atoms with E-state index in [1.165, 1.54) is 87.3 Å². The third-order valence-electron chi connectivity index (χ3n) is 7.73. The molecule has 0 nitrogen and oxygen atoms in total. The van der Waals surface area contributed by atoms with Gasteiger partial charge in [0.2, 0.25) is 0 Å². The normalized spacial score (nSPS) is 24.5. The lowest BCUT2D eigenvalue weighted by Crippen LogP contribution is -2.13. The van der Waals surface area contributed by atoms with Gasteiger partial charge in [-0.15, -0.1) is 0 Å². The Hall–Kier alpha value is -1.82. The Balaban J connectivity index is 1.37. The highest BCUT2D eigenvalue weighted by Gasteiger charge is 2.21. The van der Waals surface area contributed by atoms with Crippen LogP contribution in [0.4, 0.5) is 0 Å². The Morgan fingerprint density at radius 3 is 1.77 bits per heavy atom. The molecule has 0 heteroatoms. The van der Waals surface area contributed by atoms with Crippen molar-refractivity contribution in [1.82, 2.24) is 0 Å². The molecule has 2 aromatic rings. The molecule has 1 fully saturated rings. The van der Waals surface area contributed by atoms with E-state index in [9.17, 15) is 0 Å². The summed E-state index contributed by atoms with van der Waals surface area (Å²) in [4.78, 5) is 0. The predicted octanol–water partition coefficient (Wildman–Crippen LogP) is 9.41. The monoisotopic (exact) mass is 400 g/mol. The average molecular weight is 401 g/mol. The summed E-state index contributed by atoms with van der Waals surface area (Å²) in [5, 5.41) is 0. The fourth-order valence-corrected chi connectivity index (χ4v) is 5.84. The maximum absolute atomic E-state index is 2.50. The van der Waals surface area contributed by atoms with E-state index in [0.717, 1.165) is 17.8 Å². The molecule has 0 spiro atoms. The van der Waals surface area contributed by atoms with Crippen molar-refractivity contribution in [3.8, 4) is 11.1 Å². The molecule has 0 N–H and O–H groups in total. The van der Waals surface area contributed by atoms with Gasteiger partial charge in [0.1, 0.15) is 0 Å². The highest BCUT2D eigenvalue weighted by atomic mass is 14.3. The van der Waals surface area contributed by atoms with E-state index in [4.69, 9.17) is 0 Å². The number of hydrogen-bond acceptors (Lipinski definition) is 0. The van der Waals surface area contributed by atoms with Crippen molar-refractivity contribution in [2.45, 2.75) is 90.4 Å². The van der Waals surface area contributed by atoms with Crippen molar-refractivity contribution in [3.63, 3.8) is 0 Å². The van der Waals surface area contributed by atoms with Crippen LogP contribution in [0.1, 0.15) is 102 Å². The lowest BCUT2D eigenvalue weighted by molar-refractivity contribution is 0.308. The summed E-state index contributed by atoms with van der Waals surface area (Å²) in [7, 11) is 0. The van der Waals surface area contributed by atoms with E-state index in [1.54, 1.807) is 11.1 Å². The molecule has 0 aromatic heterocycles. The Labute approximate surface area is 184 Å². The SMILES string of the molecule is CCCC1CC=C(c2ccc(-c3ccc(C4CCC(CCC)CC4)cc3)cc2)CC1. The van der Waals surface area contributed by atoms with Crippen molar-refractivity contribution in [2.75, 3.05) is 0 Å². The molecule has 1 unspecified atom stereocenters. The number of allylic oxidation sites excluding steroid dienone is 2. The van der Waals surface area contributed by atoms with E-state index in [1.807, 2.05) is 0 Å². The lowest BCUT2D eigenvalue weighted by atomic mass is 9.77. The number of rotatable bonds is 7. The van der Waals surface area contributed by atoms with Gasteiger partial charge in [-0.3, -0.25) is 0 Å². The Bertz CT molecular complexity index is 800. The highest BCUT2D eigenvalue weighted by Crippen LogP contribution is 2.38. The van der Waals surface area contributed by atoms with Crippen LogP contribution in [0.5, 0.6) is 0 Å². The first-order valence-corrected chi connectivity index (χ1v) is 12.7. The molecule has 2 aromatic carbocycles. The van der Waals surface area contributed by atoms with Gasteiger partial charge in [-0.05, 0) is 90.5 Å². The highest BCUT2D eigenvalue weighted by molar-refractivity contribution is 5.71. The first kappa shape index (κ1) is 21.4. The largest absolute Gasteiger partial charge is 0.0804 e. The third kappa shape index (κ3) is 5.26. The smallest absolute Gasteiger partial charge is 0.0162 e. The summed E-state index contributed by atoms with van der Waals surface area (Å²) in [6, 6.07) is 18.8. The third-order valence-corrected chi connectivity index (χ3v) is 7.73. The second-order valence-electron chi connectivity index (χ2n) is 9.86. The van der Waals surface area contributed by atoms with Crippen molar-refractivity contribution < 1.29 is 0 Å². The molecule has 4 rings (SSSR count). The van der Waals surface area contributed by atoms with Crippen LogP contribution in [-0.4, -0.2) is 0 Å². The molecule has 2 aliphatic rings. The van der Waals surface area contributed by atoms with Gasteiger partial charge < -0.3 is 0 Å². The lowest BCUT2D eigenvalue weighted by Gasteiger charge is -2.28. The van der Waals surface area contributed by atoms with Gasteiger partial charge in [0.15, 0.2) is 0 Å². The van der Waals surface area contributed by atoms with Gasteiger partial charge in [-0.2, -0.15) is 0 Å². The topological polar surface area (TPSA) is 0 Å². The van der Waals surface area contributed by atoms with E-state index in [2.05, 4.69) is 68.5 Å². The van der Waals surface area contributed by atoms with Gasteiger partial charge in [0.25, 0.3) is 0 Å². The molecule has 30 heavy (non-hydrogen) atoms. The van der Waals surface area contributed by atoms with Crippen LogP contribution in [-0.2, 0) is 0 Å². The van der Waals surface area contributed by atoms with Gasteiger partial charge in [0.05, 0.1) is 0 Å². The molecule has 0 aliphatic heterocycles. The average Bonchev–Trinajstić information content (AvgIpc) is 2.81. The van der Waals surface area contributed by atoms with E-state index >= 15 is 0 Å². The maximum Gasteiger partial charge on any atom is -0.0162 e. The summed E-state index contributed by atoms with van der Waals surface area (Å²) < 4.78 is 0. The molecule has 1 saturated carbocycles. The van der Waals surface area contributed by atoms with Crippen molar-refractivity contribution >= 4 is 5.57 Å². The second-order valence-corrected chi connectivity index (χ2v) is 9.86. The van der Waals surface area contributed by atoms with Crippen LogP contribution < -0.4 is 0 Å². The van der Waals surface area contributed by atoms with Crippen LogP contribution in [0.3, 0.4) is 0 Å². The number of hydrogen-bond donors (Lipinski definition) is 0. The van der Waals surface area contributed by atoms with Crippen molar-refractivity contribution in [3.05, 3.63) is 65.7 Å². The van der Waals surface area contributed by atoms with Gasteiger partial charge in [-0.1, -0.05) is 94.1 Å². The van der Waals surface area contributed by atoms with Crippen LogP contribution >= 0.6 is 0 Å². The van der Waals surface area contributed by atoms with E-state index in [0.29, 0.717) is 0 Å². The molecule has 0 heterocycles. The predicted molar refractivity (Wildman–Crippen MR) is 132 cm³/mol. The van der Waals surface area contributed by atoms with Crippen LogP contribution in [0.2, 0.25) is 0 Å².